The summed E-state index contributed by atoms with van der Waals surface area (Å²) in [5, 5.41) is 15.9. The Balaban J connectivity index is 1.67. The number of nitrogens with two attached hydrogens (primary N) is 1. The number of hydrogen-bond donors (Lipinski definition) is 2. The maximum atomic E-state index is 12.3. The first kappa shape index (κ1) is 18.0. The van der Waals surface area contributed by atoms with E-state index < -0.39 is 0 Å². The number of aryl methyl sites for hydroxylation is 3. The maximum absolute atomic E-state index is 12.3. The molecule has 0 saturated heterocycles. The molecule has 1 aromatic carbocycles. The average Bonchev–Trinajstić information content (AvgIpc) is 3.14. The number of amides is 1. The van der Waals surface area contributed by atoms with Gasteiger partial charge >= 0.3 is 0 Å². The fourth-order valence-corrected chi connectivity index (χ4v) is 3.26. The van der Waals surface area contributed by atoms with Gasteiger partial charge in [0, 0.05) is 11.4 Å². The molecule has 2 aromatic heterocycles. The highest BCUT2D eigenvalue weighted by Crippen LogP contribution is 2.19. The normalized spacial score (nSPS) is 10.9. The van der Waals surface area contributed by atoms with Gasteiger partial charge in [-0.25, -0.2) is 9.36 Å². The molecule has 0 fully saturated rings. The summed E-state index contributed by atoms with van der Waals surface area (Å²) in [4.78, 5) is 12.3. The zero-order valence-electron chi connectivity index (χ0n) is 14.9. The van der Waals surface area contributed by atoms with Crippen LogP contribution < -0.4 is 11.2 Å². The van der Waals surface area contributed by atoms with Crippen molar-refractivity contribution in [2.75, 3.05) is 16.9 Å². The molecule has 0 aliphatic rings. The summed E-state index contributed by atoms with van der Waals surface area (Å²) in [5.74, 6) is 6.55. The minimum atomic E-state index is -0.119. The monoisotopic (exact) mass is 371 g/mol. The van der Waals surface area contributed by atoms with Gasteiger partial charge in [-0.15, -0.1) is 10.2 Å². The lowest BCUT2D eigenvalue weighted by Gasteiger charge is -2.09. The van der Waals surface area contributed by atoms with E-state index in [1.54, 1.807) is 4.68 Å². The number of para-hydroxylation sites is 1. The fourth-order valence-electron chi connectivity index (χ4n) is 2.61. The van der Waals surface area contributed by atoms with Crippen molar-refractivity contribution in [3.8, 4) is 5.95 Å². The summed E-state index contributed by atoms with van der Waals surface area (Å²) in [6, 6.07) is 9.69. The van der Waals surface area contributed by atoms with Crippen molar-refractivity contribution >= 4 is 23.4 Å². The van der Waals surface area contributed by atoms with Gasteiger partial charge in [-0.2, -0.15) is 5.10 Å². The molecule has 8 nitrogen and oxygen atoms in total. The first-order chi connectivity index (χ1) is 12.5. The second-order valence-electron chi connectivity index (χ2n) is 5.84. The van der Waals surface area contributed by atoms with Crippen LogP contribution in [-0.2, 0) is 11.2 Å². The predicted octanol–water partition coefficient (Wildman–Crippen LogP) is 2.09. The highest BCUT2D eigenvalue weighted by molar-refractivity contribution is 7.99. The Morgan fingerprint density at radius 3 is 2.73 bits per heavy atom. The minimum absolute atomic E-state index is 0.119. The molecule has 0 unspecified atom stereocenters. The quantitative estimate of drug-likeness (QED) is 0.508. The van der Waals surface area contributed by atoms with Crippen molar-refractivity contribution in [1.82, 2.24) is 24.7 Å². The van der Waals surface area contributed by atoms with Crippen LogP contribution >= 0.6 is 11.8 Å². The molecule has 0 spiro atoms. The van der Waals surface area contributed by atoms with Gasteiger partial charge in [0.05, 0.1) is 11.4 Å². The molecule has 2 heterocycles. The zero-order valence-corrected chi connectivity index (χ0v) is 15.7. The number of thioether (sulfide) groups is 1. The van der Waals surface area contributed by atoms with Crippen LogP contribution in [-0.4, -0.2) is 36.3 Å². The molecule has 0 bridgehead atoms. The summed E-state index contributed by atoms with van der Waals surface area (Å²) in [6.07, 6.45) is 0.854. The second-order valence-corrected chi connectivity index (χ2v) is 6.78. The Morgan fingerprint density at radius 2 is 2.04 bits per heavy atom. The number of nitrogens with zero attached hydrogens (tertiary/aromatic N) is 5. The third kappa shape index (κ3) is 3.72. The Labute approximate surface area is 155 Å². The van der Waals surface area contributed by atoms with E-state index in [4.69, 9.17) is 5.84 Å². The molecular formula is C17H21N7OS. The van der Waals surface area contributed by atoms with Gasteiger partial charge < -0.3 is 11.2 Å². The Morgan fingerprint density at radius 1 is 1.27 bits per heavy atom. The van der Waals surface area contributed by atoms with E-state index in [0.717, 1.165) is 29.1 Å². The Kier molecular flexibility index (Phi) is 5.27. The summed E-state index contributed by atoms with van der Waals surface area (Å²) in [6.45, 7) is 5.87. The number of hydrogen-bond acceptors (Lipinski definition) is 6. The third-order valence-corrected chi connectivity index (χ3v) is 4.79. The van der Waals surface area contributed by atoms with E-state index >= 15 is 0 Å². The van der Waals surface area contributed by atoms with Crippen molar-refractivity contribution in [3.05, 3.63) is 47.3 Å². The molecule has 3 aromatic rings. The lowest BCUT2D eigenvalue weighted by atomic mass is 10.1. The molecular weight excluding hydrogens is 350 g/mol. The van der Waals surface area contributed by atoms with Gasteiger partial charge in [0.15, 0.2) is 0 Å². The van der Waals surface area contributed by atoms with Gasteiger partial charge in [0.2, 0.25) is 11.1 Å². The maximum Gasteiger partial charge on any atom is 0.271 e. The Hall–Kier alpha value is -2.81. The van der Waals surface area contributed by atoms with Crippen LogP contribution in [0.4, 0.5) is 5.69 Å². The van der Waals surface area contributed by atoms with E-state index in [1.807, 2.05) is 44.2 Å². The van der Waals surface area contributed by atoms with Gasteiger partial charge in [-0.3, -0.25) is 4.79 Å². The SMILES string of the molecule is CCc1ccccc1NC(=O)CSc1nnc(-n2nc(C)cc2C)n1N. The molecule has 0 aliphatic carbocycles. The predicted molar refractivity (Wildman–Crippen MR) is 102 cm³/mol. The first-order valence-corrected chi connectivity index (χ1v) is 9.22. The van der Waals surface area contributed by atoms with Crippen LogP contribution in [0.2, 0.25) is 0 Å². The van der Waals surface area contributed by atoms with Gasteiger partial charge in [-0.1, -0.05) is 36.9 Å². The standard InChI is InChI=1S/C17H21N7OS/c1-4-13-7-5-6-8-14(13)19-15(25)10-26-17-21-20-16(23(17)18)24-12(3)9-11(2)22-24/h5-9H,4,10,18H2,1-3H3,(H,19,25). The van der Waals surface area contributed by atoms with Crippen molar-refractivity contribution in [3.63, 3.8) is 0 Å². The largest absolute Gasteiger partial charge is 0.334 e. The second kappa shape index (κ2) is 7.61. The smallest absolute Gasteiger partial charge is 0.271 e. The van der Waals surface area contributed by atoms with Crippen LogP contribution in [0.15, 0.2) is 35.5 Å². The van der Waals surface area contributed by atoms with Crippen molar-refractivity contribution in [1.29, 1.82) is 0 Å². The highest BCUT2D eigenvalue weighted by atomic mass is 32.2. The topological polar surface area (TPSA) is 104 Å². The fraction of sp³-hybridized carbons (Fsp3) is 0.294. The molecule has 9 heteroatoms. The molecule has 26 heavy (non-hydrogen) atoms. The first-order valence-electron chi connectivity index (χ1n) is 8.24. The van der Waals surface area contributed by atoms with E-state index in [1.165, 1.54) is 16.4 Å². The van der Waals surface area contributed by atoms with Gasteiger partial charge in [0.1, 0.15) is 0 Å². The highest BCUT2D eigenvalue weighted by Gasteiger charge is 2.16. The van der Waals surface area contributed by atoms with Crippen molar-refractivity contribution in [2.45, 2.75) is 32.3 Å². The average molecular weight is 371 g/mol. The van der Waals surface area contributed by atoms with E-state index in [9.17, 15) is 4.79 Å². The van der Waals surface area contributed by atoms with E-state index in [-0.39, 0.29) is 11.7 Å². The summed E-state index contributed by atoms with van der Waals surface area (Å²) in [7, 11) is 0. The lowest BCUT2D eigenvalue weighted by Crippen LogP contribution is -2.19. The lowest BCUT2D eigenvalue weighted by molar-refractivity contribution is -0.113. The zero-order chi connectivity index (χ0) is 18.7. The summed E-state index contributed by atoms with van der Waals surface area (Å²) < 4.78 is 2.97. The van der Waals surface area contributed by atoms with Crippen molar-refractivity contribution < 1.29 is 4.79 Å². The van der Waals surface area contributed by atoms with E-state index in [2.05, 4.69) is 27.5 Å². The Bertz CT molecular complexity index is 931. The molecule has 0 radical (unpaired) electrons. The molecule has 0 aliphatic heterocycles. The number of benzene rings is 1. The van der Waals surface area contributed by atoms with Crippen LogP contribution in [0, 0.1) is 13.8 Å². The third-order valence-electron chi connectivity index (χ3n) is 3.85. The molecule has 0 atom stereocenters. The minimum Gasteiger partial charge on any atom is -0.334 e. The molecule has 136 valence electrons. The summed E-state index contributed by atoms with van der Waals surface area (Å²) >= 11 is 1.23. The van der Waals surface area contributed by atoms with Crippen LogP contribution in [0.1, 0.15) is 23.9 Å². The van der Waals surface area contributed by atoms with Crippen LogP contribution in [0.3, 0.4) is 0 Å². The number of carbonyl (C=O) groups excluding carboxylic acids is 1. The number of aromatic nitrogens is 5. The molecule has 0 saturated carbocycles. The number of nitrogens with one attached hydrogen (secondary N) is 1. The number of rotatable bonds is 6. The summed E-state index contributed by atoms with van der Waals surface area (Å²) in [5.41, 5.74) is 3.71. The van der Waals surface area contributed by atoms with Crippen molar-refractivity contribution in [2.24, 2.45) is 0 Å². The molecule has 3 rings (SSSR count). The molecule has 3 N–H and O–H groups in total. The van der Waals surface area contributed by atoms with Gasteiger partial charge in [-0.05, 0) is 38.0 Å². The molecule has 1 amide bonds. The number of anilines is 1. The number of carbonyl (C=O) groups is 1. The van der Waals surface area contributed by atoms with E-state index in [0.29, 0.717) is 11.1 Å². The van der Waals surface area contributed by atoms with Crippen LogP contribution in [0.25, 0.3) is 5.95 Å². The van der Waals surface area contributed by atoms with Gasteiger partial charge in [0.25, 0.3) is 5.95 Å². The number of nitrogen functional groups attached to an aromatic ring is 1. The van der Waals surface area contributed by atoms with Crippen LogP contribution in [0.5, 0.6) is 0 Å².